The van der Waals surface area contributed by atoms with Gasteiger partial charge < -0.3 is 4.74 Å². The van der Waals surface area contributed by atoms with Crippen molar-refractivity contribution in [3.8, 4) is 5.75 Å². The third-order valence-electron chi connectivity index (χ3n) is 2.74. The largest absolute Gasteiger partial charge is 0.494 e. The maximum absolute atomic E-state index is 13.5. The topological polar surface area (TPSA) is 29.5 Å². The summed E-state index contributed by atoms with van der Waals surface area (Å²) >= 11 is 0. The van der Waals surface area contributed by atoms with Crippen LogP contribution in [0.5, 0.6) is 5.75 Å². The first-order valence-corrected chi connectivity index (χ1v) is 5.97. The molecular formula is C14H20FNO2. The Bertz CT molecular complexity index is 418. The second-order valence-electron chi connectivity index (χ2n) is 4.76. The van der Waals surface area contributed by atoms with E-state index in [2.05, 4.69) is 0 Å². The summed E-state index contributed by atoms with van der Waals surface area (Å²) in [5.74, 6) is 0.0739. The number of carbonyl (C=O) groups excluding carboxylic acids is 1. The van der Waals surface area contributed by atoms with Gasteiger partial charge in [-0.05, 0) is 24.7 Å². The molecule has 0 bridgehead atoms. The van der Waals surface area contributed by atoms with Crippen LogP contribution in [0.25, 0.3) is 0 Å². The van der Waals surface area contributed by atoms with Gasteiger partial charge in [-0.3, -0.25) is 9.69 Å². The number of Topliss-reactive ketones (excluding diaryl/α,β-unsaturated/α-hetero) is 1. The van der Waals surface area contributed by atoms with E-state index in [-0.39, 0.29) is 23.3 Å². The highest BCUT2D eigenvalue weighted by atomic mass is 19.1. The summed E-state index contributed by atoms with van der Waals surface area (Å²) in [4.78, 5) is 13.5. The molecule has 0 unspecified atom stereocenters. The molecular weight excluding hydrogens is 233 g/mol. The van der Waals surface area contributed by atoms with Gasteiger partial charge in [-0.15, -0.1) is 0 Å². The summed E-state index contributed by atoms with van der Waals surface area (Å²) < 4.78 is 18.3. The summed E-state index contributed by atoms with van der Waals surface area (Å²) in [7, 11) is 3.29. The van der Waals surface area contributed by atoms with Gasteiger partial charge in [-0.2, -0.15) is 0 Å². The third-order valence-corrected chi connectivity index (χ3v) is 2.74. The zero-order valence-corrected chi connectivity index (χ0v) is 11.4. The first-order valence-electron chi connectivity index (χ1n) is 5.97. The van der Waals surface area contributed by atoms with Gasteiger partial charge >= 0.3 is 0 Å². The SMILES string of the molecule is COc1ccc(CN(C)CC(=O)C(C)C)cc1F. The third kappa shape index (κ3) is 4.11. The van der Waals surface area contributed by atoms with E-state index in [4.69, 9.17) is 4.74 Å². The number of benzene rings is 1. The van der Waals surface area contributed by atoms with E-state index in [0.717, 1.165) is 5.56 Å². The first-order chi connectivity index (χ1) is 8.43. The number of halogens is 1. The average Bonchev–Trinajstić information content (AvgIpc) is 2.28. The molecule has 0 radical (unpaired) electrons. The highest BCUT2D eigenvalue weighted by Gasteiger charge is 2.11. The maximum atomic E-state index is 13.5. The summed E-state index contributed by atoms with van der Waals surface area (Å²) in [5, 5.41) is 0. The molecule has 0 aliphatic carbocycles. The first kappa shape index (κ1) is 14.6. The molecule has 0 saturated carbocycles. The number of ether oxygens (including phenoxy) is 1. The minimum absolute atomic E-state index is 0.0278. The van der Waals surface area contributed by atoms with E-state index >= 15 is 0 Å². The Morgan fingerprint density at radius 2 is 2.11 bits per heavy atom. The van der Waals surface area contributed by atoms with Gasteiger partial charge in [0.1, 0.15) is 5.78 Å². The highest BCUT2D eigenvalue weighted by molar-refractivity contribution is 5.82. The lowest BCUT2D eigenvalue weighted by molar-refractivity contribution is -0.122. The monoisotopic (exact) mass is 253 g/mol. The molecule has 100 valence electrons. The molecule has 0 heterocycles. The number of carbonyl (C=O) groups is 1. The van der Waals surface area contributed by atoms with Crippen LogP contribution in [0.4, 0.5) is 4.39 Å². The molecule has 0 saturated heterocycles. The molecule has 0 spiro atoms. The van der Waals surface area contributed by atoms with Crippen LogP contribution in [0.3, 0.4) is 0 Å². The molecule has 0 atom stereocenters. The van der Waals surface area contributed by atoms with Crippen molar-refractivity contribution in [1.82, 2.24) is 4.90 Å². The number of methoxy groups -OCH3 is 1. The molecule has 0 amide bonds. The normalized spacial score (nSPS) is 11.1. The predicted molar refractivity (Wildman–Crippen MR) is 69.1 cm³/mol. The number of likely N-dealkylation sites (N-methyl/N-ethyl adjacent to an activating group) is 1. The predicted octanol–water partition coefficient (Wildman–Crippen LogP) is 2.49. The Morgan fingerprint density at radius 3 is 2.61 bits per heavy atom. The van der Waals surface area contributed by atoms with E-state index in [1.165, 1.54) is 13.2 Å². The fourth-order valence-corrected chi connectivity index (χ4v) is 1.62. The van der Waals surface area contributed by atoms with Gasteiger partial charge in [-0.25, -0.2) is 4.39 Å². The number of hydrogen-bond donors (Lipinski definition) is 0. The van der Waals surface area contributed by atoms with Crippen molar-refractivity contribution in [2.75, 3.05) is 20.7 Å². The highest BCUT2D eigenvalue weighted by Crippen LogP contribution is 2.18. The van der Waals surface area contributed by atoms with Gasteiger partial charge in [0.05, 0.1) is 13.7 Å². The molecule has 1 aromatic rings. The summed E-state index contributed by atoms with van der Waals surface area (Å²) in [6, 6.07) is 4.84. The van der Waals surface area contributed by atoms with E-state index in [1.807, 2.05) is 25.8 Å². The molecule has 0 aromatic heterocycles. The van der Waals surface area contributed by atoms with E-state index in [9.17, 15) is 9.18 Å². The zero-order valence-electron chi connectivity index (χ0n) is 11.4. The van der Waals surface area contributed by atoms with Crippen LogP contribution in [-0.2, 0) is 11.3 Å². The van der Waals surface area contributed by atoms with Crippen LogP contribution >= 0.6 is 0 Å². The van der Waals surface area contributed by atoms with E-state index in [0.29, 0.717) is 13.1 Å². The molecule has 0 aliphatic heterocycles. The van der Waals surface area contributed by atoms with Gasteiger partial charge in [0.15, 0.2) is 11.6 Å². The quantitative estimate of drug-likeness (QED) is 0.780. The van der Waals surface area contributed by atoms with Crippen molar-refractivity contribution in [3.63, 3.8) is 0 Å². The Balaban J connectivity index is 2.62. The standard InChI is InChI=1S/C14H20FNO2/c1-10(2)13(17)9-16(3)8-11-5-6-14(18-4)12(15)7-11/h5-7,10H,8-9H2,1-4H3. The lowest BCUT2D eigenvalue weighted by Crippen LogP contribution is -2.28. The molecule has 1 aromatic carbocycles. The van der Waals surface area contributed by atoms with Gasteiger partial charge in [0.2, 0.25) is 0 Å². The number of ketones is 1. The average molecular weight is 253 g/mol. The van der Waals surface area contributed by atoms with Crippen molar-refractivity contribution in [1.29, 1.82) is 0 Å². The number of rotatable bonds is 6. The van der Waals surface area contributed by atoms with Crippen LogP contribution in [0, 0.1) is 11.7 Å². The van der Waals surface area contributed by atoms with E-state index < -0.39 is 0 Å². The van der Waals surface area contributed by atoms with Crippen molar-refractivity contribution in [2.45, 2.75) is 20.4 Å². The molecule has 0 N–H and O–H groups in total. The Hall–Kier alpha value is -1.42. The smallest absolute Gasteiger partial charge is 0.165 e. The van der Waals surface area contributed by atoms with Crippen molar-refractivity contribution < 1.29 is 13.9 Å². The summed E-state index contributed by atoms with van der Waals surface area (Å²) in [6.07, 6.45) is 0. The zero-order chi connectivity index (χ0) is 13.7. The molecule has 1 rings (SSSR count). The summed E-state index contributed by atoms with van der Waals surface area (Å²) in [5.41, 5.74) is 0.826. The van der Waals surface area contributed by atoms with Crippen molar-refractivity contribution in [3.05, 3.63) is 29.6 Å². The Morgan fingerprint density at radius 1 is 1.44 bits per heavy atom. The Labute approximate surface area is 108 Å². The van der Waals surface area contributed by atoms with Crippen LogP contribution < -0.4 is 4.74 Å². The molecule has 0 aliphatic rings. The van der Waals surface area contributed by atoms with Gasteiger partial charge in [0, 0.05) is 12.5 Å². The van der Waals surface area contributed by atoms with Crippen LogP contribution in [-0.4, -0.2) is 31.4 Å². The molecule has 3 nitrogen and oxygen atoms in total. The Kier molecular flexibility index (Phi) is 5.28. The number of nitrogens with zero attached hydrogens (tertiary/aromatic N) is 1. The minimum atomic E-state index is -0.376. The summed E-state index contributed by atoms with van der Waals surface area (Å²) in [6.45, 7) is 4.68. The second-order valence-corrected chi connectivity index (χ2v) is 4.76. The van der Waals surface area contributed by atoms with Crippen molar-refractivity contribution in [2.24, 2.45) is 5.92 Å². The molecule has 4 heteroatoms. The van der Waals surface area contributed by atoms with Crippen LogP contribution in [0.1, 0.15) is 19.4 Å². The molecule has 18 heavy (non-hydrogen) atoms. The lowest BCUT2D eigenvalue weighted by Gasteiger charge is -2.17. The van der Waals surface area contributed by atoms with E-state index in [1.54, 1.807) is 12.1 Å². The van der Waals surface area contributed by atoms with Gasteiger partial charge in [-0.1, -0.05) is 19.9 Å². The van der Waals surface area contributed by atoms with Crippen LogP contribution in [0.2, 0.25) is 0 Å². The lowest BCUT2D eigenvalue weighted by atomic mass is 10.1. The minimum Gasteiger partial charge on any atom is -0.494 e. The molecule has 0 fully saturated rings. The maximum Gasteiger partial charge on any atom is 0.165 e. The van der Waals surface area contributed by atoms with Gasteiger partial charge in [0.25, 0.3) is 0 Å². The fourth-order valence-electron chi connectivity index (χ4n) is 1.62. The fraction of sp³-hybridized carbons (Fsp3) is 0.500. The van der Waals surface area contributed by atoms with Crippen LogP contribution in [0.15, 0.2) is 18.2 Å². The van der Waals surface area contributed by atoms with Crippen molar-refractivity contribution >= 4 is 5.78 Å². The number of hydrogen-bond acceptors (Lipinski definition) is 3. The second kappa shape index (κ2) is 6.50.